The third-order valence-electron chi connectivity index (χ3n) is 5.32. The fraction of sp³-hybridized carbons (Fsp3) is 0.450. The first kappa shape index (κ1) is 21.4. The number of alkyl halides is 1. The quantitative estimate of drug-likeness (QED) is 0.638. The zero-order valence-corrected chi connectivity index (χ0v) is 16.9. The van der Waals surface area contributed by atoms with Crippen LogP contribution in [0.3, 0.4) is 0 Å². The van der Waals surface area contributed by atoms with Crippen molar-refractivity contribution >= 4 is 11.7 Å². The SMILES string of the molecule is Cc1cc2c(c(C(=O)Nc3ccn(C4O[C@H](CO)[C@@H](O)C4(C)F)c(=O)n3)c1)OCOC2. The van der Waals surface area contributed by atoms with Crippen LogP contribution in [0.2, 0.25) is 0 Å². The van der Waals surface area contributed by atoms with Gasteiger partial charge in [-0.25, -0.2) is 9.18 Å². The highest BCUT2D eigenvalue weighted by molar-refractivity contribution is 6.06. The van der Waals surface area contributed by atoms with Crippen LogP contribution in [0.4, 0.5) is 10.2 Å². The van der Waals surface area contributed by atoms with Gasteiger partial charge in [0.25, 0.3) is 5.91 Å². The Bertz CT molecular complexity index is 1070. The lowest BCUT2D eigenvalue weighted by molar-refractivity contribution is -0.0610. The van der Waals surface area contributed by atoms with Gasteiger partial charge in [0.15, 0.2) is 18.7 Å². The minimum Gasteiger partial charge on any atom is -0.466 e. The van der Waals surface area contributed by atoms with Crippen molar-refractivity contribution in [2.45, 2.75) is 44.6 Å². The van der Waals surface area contributed by atoms with E-state index in [4.69, 9.17) is 14.2 Å². The van der Waals surface area contributed by atoms with Crippen LogP contribution in [-0.2, 0) is 16.1 Å². The third kappa shape index (κ3) is 3.81. The lowest BCUT2D eigenvalue weighted by atomic mass is 9.98. The Labute approximate surface area is 176 Å². The van der Waals surface area contributed by atoms with E-state index in [-0.39, 0.29) is 18.2 Å². The zero-order valence-electron chi connectivity index (χ0n) is 16.9. The molecule has 1 amide bonds. The van der Waals surface area contributed by atoms with Crippen molar-refractivity contribution in [1.29, 1.82) is 0 Å². The Morgan fingerprint density at radius 3 is 2.90 bits per heavy atom. The van der Waals surface area contributed by atoms with Gasteiger partial charge in [0.1, 0.15) is 23.8 Å². The molecule has 1 fully saturated rings. The molecule has 2 unspecified atom stereocenters. The van der Waals surface area contributed by atoms with E-state index in [1.54, 1.807) is 6.07 Å². The first-order valence-electron chi connectivity index (χ1n) is 9.60. The Balaban J connectivity index is 1.58. The highest BCUT2D eigenvalue weighted by atomic mass is 19.1. The fourth-order valence-electron chi connectivity index (χ4n) is 3.75. The van der Waals surface area contributed by atoms with Gasteiger partial charge in [0, 0.05) is 11.8 Å². The average molecular weight is 435 g/mol. The van der Waals surface area contributed by atoms with Gasteiger partial charge in [-0.2, -0.15) is 4.98 Å². The maximum atomic E-state index is 14.9. The number of nitrogens with one attached hydrogen (secondary N) is 1. The molecule has 0 saturated carbocycles. The Hall–Kier alpha value is -2.86. The van der Waals surface area contributed by atoms with Gasteiger partial charge < -0.3 is 29.7 Å². The number of amides is 1. The molecule has 2 aliphatic heterocycles. The Kier molecular flexibility index (Phi) is 5.52. The van der Waals surface area contributed by atoms with Crippen LogP contribution < -0.4 is 15.7 Å². The van der Waals surface area contributed by atoms with Gasteiger partial charge in [-0.15, -0.1) is 0 Å². The number of halogens is 1. The normalized spacial score (nSPS) is 27.5. The molecule has 2 aromatic rings. The summed E-state index contributed by atoms with van der Waals surface area (Å²) in [5.74, 6) is -0.180. The molecule has 1 aromatic heterocycles. The predicted octanol–water partition coefficient (Wildman–Crippen LogP) is 0.649. The van der Waals surface area contributed by atoms with Crippen LogP contribution in [0.5, 0.6) is 5.75 Å². The van der Waals surface area contributed by atoms with Gasteiger partial charge in [-0.3, -0.25) is 9.36 Å². The molecule has 4 rings (SSSR count). The van der Waals surface area contributed by atoms with Crippen molar-refractivity contribution in [3.8, 4) is 5.75 Å². The second-order valence-electron chi connectivity index (χ2n) is 7.67. The molecule has 31 heavy (non-hydrogen) atoms. The summed E-state index contributed by atoms with van der Waals surface area (Å²) in [7, 11) is 0. The minimum absolute atomic E-state index is 0.0225. The van der Waals surface area contributed by atoms with Crippen LogP contribution in [0, 0.1) is 6.92 Å². The molecule has 0 bridgehead atoms. The van der Waals surface area contributed by atoms with Crippen molar-refractivity contribution in [1.82, 2.24) is 9.55 Å². The number of nitrogens with zero attached hydrogens (tertiary/aromatic N) is 2. The summed E-state index contributed by atoms with van der Waals surface area (Å²) in [4.78, 5) is 29.1. The maximum absolute atomic E-state index is 14.9. The second kappa shape index (κ2) is 8.00. The van der Waals surface area contributed by atoms with Crippen molar-refractivity contribution < 1.29 is 33.6 Å². The molecule has 0 radical (unpaired) electrons. The van der Waals surface area contributed by atoms with E-state index >= 15 is 0 Å². The molecular formula is C20H22FN3O7. The van der Waals surface area contributed by atoms with Crippen molar-refractivity contribution in [2.24, 2.45) is 0 Å². The summed E-state index contributed by atoms with van der Waals surface area (Å²) >= 11 is 0. The average Bonchev–Trinajstić information content (AvgIpc) is 2.96. The first-order valence-corrected chi connectivity index (χ1v) is 9.60. The third-order valence-corrected chi connectivity index (χ3v) is 5.32. The molecule has 1 aromatic carbocycles. The molecule has 2 aliphatic rings. The molecule has 3 N–H and O–H groups in total. The molecule has 3 heterocycles. The van der Waals surface area contributed by atoms with Gasteiger partial charge in [-0.1, -0.05) is 6.07 Å². The number of aryl methyl sites for hydroxylation is 1. The summed E-state index contributed by atoms with van der Waals surface area (Å²) in [6, 6.07) is 4.82. The van der Waals surface area contributed by atoms with Crippen molar-refractivity contribution in [3.63, 3.8) is 0 Å². The minimum atomic E-state index is -2.33. The molecule has 10 nitrogen and oxygen atoms in total. The Morgan fingerprint density at radius 2 is 2.23 bits per heavy atom. The summed E-state index contributed by atoms with van der Waals surface area (Å²) in [6.07, 6.45) is -3.08. The molecule has 0 aliphatic carbocycles. The van der Waals surface area contributed by atoms with E-state index in [2.05, 4.69) is 10.3 Å². The van der Waals surface area contributed by atoms with E-state index in [9.17, 15) is 24.2 Å². The number of ether oxygens (including phenoxy) is 3. The van der Waals surface area contributed by atoms with Crippen molar-refractivity contribution in [2.75, 3.05) is 18.7 Å². The van der Waals surface area contributed by atoms with Crippen LogP contribution in [0.25, 0.3) is 0 Å². The molecule has 11 heteroatoms. The number of aliphatic hydroxyl groups excluding tert-OH is 2. The topological polar surface area (TPSA) is 132 Å². The van der Waals surface area contributed by atoms with Crippen LogP contribution in [0.1, 0.15) is 34.6 Å². The van der Waals surface area contributed by atoms with Gasteiger partial charge in [0.05, 0.1) is 18.8 Å². The number of rotatable bonds is 4. The lowest BCUT2D eigenvalue weighted by Gasteiger charge is -2.24. The highest BCUT2D eigenvalue weighted by Crippen LogP contribution is 2.40. The highest BCUT2D eigenvalue weighted by Gasteiger charge is 2.55. The predicted molar refractivity (Wildman–Crippen MR) is 104 cm³/mol. The van der Waals surface area contributed by atoms with E-state index < -0.39 is 42.3 Å². The molecular weight excluding hydrogens is 413 g/mol. The number of aliphatic hydroxyl groups is 2. The van der Waals surface area contributed by atoms with Gasteiger partial charge in [0.2, 0.25) is 0 Å². The van der Waals surface area contributed by atoms with E-state index in [1.165, 1.54) is 12.3 Å². The van der Waals surface area contributed by atoms with E-state index in [1.807, 2.05) is 13.0 Å². The number of benzene rings is 1. The number of anilines is 1. The van der Waals surface area contributed by atoms with E-state index in [0.29, 0.717) is 12.4 Å². The fourth-order valence-corrected chi connectivity index (χ4v) is 3.75. The summed E-state index contributed by atoms with van der Waals surface area (Å²) in [5.41, 5.74) is -1.39. The number of hydrogen-bond donors (Lipinski definition) is 3. The number of carbonyl (C=O) groups is 1. The lowest BCUT2D eigenvalue weighted by Crippen LogP contribution is -2.42. The van der Waals surface area contributed by atoms with Gasteiger partial charge >= 0.3 is 5.69 Å². The summed E-state index contributed by atoms with van der Waals surface area (Å²) in [5, 5.41) is 21.8. The number of hydrogen-bond acceptors (Lipinski definition) is 8. The molecule has 166 valence electrons. The maximum Gasteiger partial charge on any atom is 0.351 e. The first-order chi connectivity index (χ1) is 14.7. The van der Waals surface area contributed by atoms with Crippen LogP contribution >= 0.6 is 0 Å². The largest absolute Gasteiger partial charge is 0.466 e. The van der Waals surface area contributed by atoms with E-state index in [0.717, 1.165) is 22.6 Å². The summed E-state index contributed by atoms with van der Waals surface area (Å²) in [6.45, 7) is 2.63. The number of aromatic nitrogens is 2. The zero-order chi connectivity index (χ0) is 22.3. The number of fused-ring (bicyclic) bond motifs is 1. The van der Waals surface area contributed by atoms with Crippen LogP contribution in [-0.4, -0.2) is 56.9 Å². The molecule has 1 saturated heterocycles. The second-order valence-corrected chi connectivity index (χ2v) is 7.67. The molecule has 0 spiro atoms. The smallest absolute Gasteiger partial charge is 0.351 e. The molecule has 4 atom stereocenters. The van der Waals surface area contributed by atoms with Crippen molar-refractivity contribution in [3.05, 3.63) is 51.6 Å². The Morgan fingerprint density at radius 1 is 1.45 bits per heavy atom. The number of carbonyl (C=O) groups excluding carboxylic acids is 1. The van der Waals surface area contributed by atoms with Gasteiger partial charge in [-0.05, 0) is 31.5 Å². The van der Waals surface area contributed by atoms with Crippen LogP contribution in [0.15, 0.2) is 29.2 Å². The standard InChI is InChI=1S/C20H22FN3O7/c1-10-5-11-8-29-9-30-15(11)12(6-10)17(27)22-14-3-4-24(19(28)23-14)18-20(2,21)16(26)13(7-25)31-18/h3-6,13,16,18,25-26H,7-9H2,1-2H3,(H,22,23,27,28)/t13-,16-,18?,20?/m1/s1. The summed E-state index contributed by atoms with van der Waals surface area (Å²) < 4.78 is 31.8. The monoisotopic (exact) mass is 435 g/mol.